The number of carbonyl (C=O) groups is 3. The monoisotopic (exact) mass is 618 g/mol. The Hall–Kier alpha value is -3.63. The highest BCUT2D eigenvalue weighted by atomic mass is 16.5. The lowest BCUT2D eigenvalue weighted by Crippen LogP contribution is -2.52. The quantitative estimate of drug-likeness (QED) is 0.318. The second-order valence-electron chi connectivity index (χ2n) is 12.6. The molecule has 0 spiro atoms. The number of carbonyl (C=O) groups excluding carboxylic acids is 3. The van der Waals surface area contributed by atoms with Crippen molar-refractivity contribution >= 4 is 23.4 Å². The Morgan fingerprint density at radius 1 is 0.933 bits per heavy atom. The largest absolute Gasteiger partial charge is 0.493 e. The van der Waals surface area contributed by atoms with Crippen LogP contribution < -0.4 is 14.4 Å². The van der Waals surface area contributed by atoms with Crippen LogP contribution in [0.3, 0.4) is 0 Å². The number of nitrogens with zero attached hydrogens (tertiary/aromatic N) is 4. The van der Waals surface area contributed by atoms with E-state index in [9.17, 15) is 14.4 Å². The molecule has 2 fully saturated rings. The molecule has 10 nitrogen and oxygen atoms in total. The van der Waals surface area contributed by atoms with Crippen molar-refractivity contribution in [3.63, 3.8) is 0 Å². The van der Waals surface area contributed by atoms with E-state index in [1.165, 1.54) is 53.0 Å². The van der Waals surface area contributed by atoms with Gasteiger partial charge in [-0.3, -0.25) is 19.3 Å². The van der Waals surface area contributed by atoms with Crippen LogP contribution in [-0.2, 0) is 9.53 Å². The molecular formula is C35H46N4O6. The first-order valence-corrected chi connectivity index (χ1v) is 16.5. The van der Waals surface area contributed by atoms with Gasteiger partial charge in [0.2, 0.25) is 5.91 Å². The van der Waals surface area contributed by atoms with Gasteiger partial charge >= 0.3 is 0 Å². The molecule has 2 aromatic rings. The van der Waals surface area contributed by atoms with Crippen molar-refractivity contribution in [2.45, 2.75) is 63.6 Å². The Kier molecular flexibility index (Phi) is 9.61. The van der Waals surface area contributed by atoms with Gasteiger partial charge in [-0.05, 0) is 75.7 Å². The third-order valence-electron chi connectivity index (χ3n) is 10.1. The zero-order chi connectivity index (χ0) is 31.5. The SMILES string of the molecule is COCCCN(C[C@@H]1CCCN2CCCC[C@H]12)C(=O)CCCN1C(=O)c2ccccc2N2C(=O)c3c(ccc(OC)c3OC)C12. The van der Waals surface area contributed by atoms with Gasteiger partial charge in [0.25, 0.3) is 11.8 Å². The summed E-state index contributed by atoms with van der Waals surface area (Å²) >= 11 is 0. The number of benzene rings is 2. The van der Waals surface area contributed by atoms with Crippen LogP contribution in [0.1, 0.15) is 83.8 Å². The van der Waals surface area contributed by atoms with Crippen molar-refractivity contribution in [1.82, 2.24) is 14.7 Å². The van der Waals surface area contributed by atoms with Crippen molar-refractivity contribution in [2.75, 3.05) is 65.6 Å². The minimum atomic E-state index is -0.623. The number of ether oxygens (including phenoxy) is 3. The number of para-hydroxylation sites is 1. The topological polar surface area (TPSA) is 91.9 Å². The van der Waals surface area contributed by atoms with Crippen molar-refractivity contribution in [2.24, 2.45) is 5.92 Å². The third-order valence-corrected chi connectivity index (χ3v) is 10.1. The van der Waals surface area contributed by atoms with Crippen molar-refractivity contribution in [3.8, 4) is 11.5 Å². The maximum atomic E-state index is 14.0. The van der Waals surface area contributed by atoms with Gasteiger partial charge in [0.05, 0.1) is 31.0 Å². The first kappa shape index (κ1) is 31.4. The lowest BCUT2D eigenvalue weighted by molar-refractivity contribution is -0.133. The lowest BCUT2D eigenvalue weighted by atomic mass is 9.83. The molecule has 6 rings (SSSR count). The van der Waals surface area contributed by atoms with Crippen LogP contribution >= 0.6 is 0 Å². The first-order valence-electron chi connectivity index (χ1n) is 16.5. The summed E-state index contributed by atoms with van der Waals surface area (Å²) in [5, 5.41) is 0. The summed E-state index contributed by atoms with van der Waals surface area (Å²) in [6, 6.07) is 11.4. The first-order chi connectivity index (χ1) is 22.0. The second-order valence-corrected chi connectivity index (χ2v) is 12.6. The van der Waals surface area contributed by atoms with Crippen LogP contribution in [0.5, 0.6) is 11.5 Å². The van der Waals surface area contributed by atoms with E-state index in [1.54, 1.807) is 29.0 Å². The van der Waals surface area contributed by atoms with Crippen LogP contribution in [0.25, 0.3) is 0 Å². The highest BCUT2D eigenvalue weighted by Crippen LogP contribution is 2.49. The Morgan fingerprint density at radius 3 is 2.56 bits per heavy atom. The number of amides is 3. The van der Waals surface area contributed by atoms with Crippen LogP contribution in [0, 0.1) is 5.92 Å². The molecule has 4 aliphatic rings. The van der Waals surface area contributed by atoms with Crippen molar-refractivity contribution < 1.29 is 28.6 Å². The zero-order valence-electron chi connectivity index (χ0n) is 26.8. The van der Waals surface area contributed by atoms with Crippen molar-refractivity contribution in [3.05, 3.63) is 53.1 Å². The van der Waals surface area contributed by atoms with E-state index in [4.69, 9.17) is 14.2 Å². The van der Waals surface area contributed by atoms with Gasteiger partial charge < -0.3 is 28.9 Å². The molecule has 45 heavy (non-hydrogen) atoms. The van der Waals surface area contributed by atoms with Gasteiger partial charge in [-0.25, -0.2) is 0 Å². The summed E-state index contributed by atoms with van der Waals surface area (Å²) in [4.78, 5) is 49.8. The number of fused-ring (bicyclic) bond motifs is 6. The minimum absolute atomic E-state index is 0.120. The number of rotatable bonds is 12. The summed E-state index contributed by atoms with van der Waals surface area (Å²) in [6.07, 6.45) is 7.11. The number of piperidine rings is 2. The molecule has 0 saturated carbocycles. The maximum Gasteiger partial charge on any atom is 0.264 e. The van der Waals surface area contributed by atoms with E-state index in [0.29, 0.717) is 78.4 Å². The summed E-state index contributed by atoms with van der Waals surface area (Å²) < 4.78 is 16.4. The van der Waals surface area contributed by atoms with E-state index in [-0.39, 0.29) is 17.7 Å². The lowest BCUT2D eigenvalue weighted by Gasteiger charge is -2.45. The fourth-order valence-electron chi connectivity index (χ4n) is 8.00. The van der Waals surface area contributed by atoms with Gasteiger partial charge in [-0.1, -0.05) is 24.6 Å². The normalized spacial score (nSPS) is 22.4. The maximum absolute atomic E-state index is 14.0. The molecular weight excluding hydrogens is 572 g/mol. The molecule has 0 aromatic heterocycles. The number of hydrogen-bond acceptors (Lipinski definition) is 7. The zero-order valence-corrected chi connectivity index (χ0v) is 26.8. The molecule has 10 heteroatoms. The van der Waals surface area contributed by atoms with Gasteiger partial charge in [0.1, 0.15) is 6.17 Å². The molecule has 2 saturated heterocycles. The molecule has 4 aliphatic heterocycles. The van der Waals surface area contributed by atoms with E-state index < -0.39 is 6.17 Å². The second kappa shape index (κ2) is 13.8. The van der Waals surface area contributed by atoms with Crippen LogP contribution in [0.15, 0.2) is 36.4 Å². The highest BCUT2D eigenvalue weighted by Gasteiger charge is 2.49. The average Bonchev–Trinajstić information content (AvgIpc) is 3.37. The van der Waals surface area contributed by atoms with Crippen LogP contribution in [0.2, 0.25) is 0 Å². The molecule has 0 aliphatic carbocycles. The molecule has 242 valence electrons. The van der Waals surface area contributed by atoms with Gasteiger partial charge in [0, 0.05) is 51.4 Å². The smallest absolute Gasteiger partial charge is 0.264 e. The molecule has 0 radical (unpaired) electrons. The Bertz CT molecular complexity index is 1410. The van der Waals surface area contributed by atoms with Gasteiger partial charge in [0.15, 0.2) is 11.5 Å². The van der Waals surface area contributed by atoms with E-state index >= 15 is 0 Å². The van der Waals surface area contributed by atoms with Crippen LogP contribution in [-0.4, -0.2) is 99.1 Å². The molecule has 3 amide bonds. The fraction of sp³-hybridized carbons (Fsp3) is 0.571. The molecule has 3 atom stereocenters. The Balaban J connectivity index is 1.21. The summed E-state index contributed by atoms with van der Waals surface area (Å²) in [5.41, 5.74) is 2.15. The third kappa shape index (κ3) is 5.90. The molecule has 0 N–H and O–H groups in total. The number of methoxy groups -OCH3 is 3. The number of anilines is 1. The minimum Gasteiger partial charge on any atom is -0.493 e. The van der Waals surface area contributed by atoms with E-state index in [1.807, 2.05) is 29.2 Å². The summed E-state index contributed by atoms with van der Waals surface area (Å²) in [5.74, 6) is 1.05. The van der Waals surface area contributed by atoms with Gasteiger partial charge in [-0.2, -0.15) is 0 Å². The Morgan fingerprint density at radius 2 is 1.76 bits per heavy atom. The Labute approximate surface area is 266 Å². The highest BCUT2D eigenvalue weighted by molar-refractivity contribution is 6.18. The van der Waals surface area contributed by atoms with E-state index in [2.05, 4.69) is 4.90 Å². The fourth-order valence-corrected chi connectivity index (χ4v) is 8.00. The van der Waals surface area contributed by atoms with Crippen LogP contribution in [0.4, 0.5) is 5.69 Å². The van der Waals surface area contributed by atoms with Crippen molar-refractivity contribution in [1.29, 1.82) is 0 Å². The molecule has 2 aromatic carbocycles. The molecule has 0 bridgehead atoms. The summed E-state index contributed by atoms with van der Waals surface area (Å²) in [6.45, 7) is 4.76. The predicted molar refractivity (Wildman–Crippen MR) is 171 cm³/mol. The summed E-state index contributed by atoms with van der Waals surface area (Å²) in [7, 11) is 4.75. The number of hydrogen-bond donors (Lipinski definition) is 0. The average molecular weight is 619 g/mol. The van der Waals surface area contributed by atoms with Gasteiger partial charge in [-0.15, -0.1) is 0 Å². The molecule has 4 heterocycles. The standard InChI is InChI=1S/C35H46N4O6/c1-43-22-10-20-37(23-24-11-8-19-36-18-7-6-13-27(24)36)30(40)15-9-21-38-33-26-16-17-29(44-2)32(45-3)31(26)35(42)39(33)28-14-5-4-12-25(28)34(38)41/h4-5,12,14,16-17,24,27,33H,6-11,13,15,18-23H2,1-3H3/t24-,27+,33?/m0/s1. The molecule has 1 unspecified atom stereocenters. The van der Waals surface area contributed by atoms with E-state index in [0.717, 1.165) is 19.4 Å². The predicted octanol–water partition coefficient (Wildman–Crippen LogP) is 4.73.